The minimum Gasteiger partial charge on any atom is -0.286 e. The van der Waals surface area contributed by atoms with Crippen LogP contribution in [0.3, 0.4) is 0 Å². The van der Waals surface area contributed by atoms with Gasteiger partial charge in [-0.25, -0.2) is 5.43 Å². The molecule has 0 bridgehead atoms. The van der Waals surface area contributed by atoms with Crippen molar-refractivity contribution in [3.63, 3.8) is 0 Å². The molecule has 1 aromatic heterocycles. The molecular weight excluding hydrogens is 204 g/mol. The van der Waals surface area contributed by atoms with Gasteiger partial charge in [0, 0.05) is 11.4 Å². The third-order valence-electron chi connectivity index (χ3n) is 2.16. The van der Waals surface area contributed by atoms with Gasteiger partial charge in [0.05, 0.1) is 5.52 Å². The maximum absolute atomic E-state index is 11.8. The topological polar surface area (TPSA) is 69.8 Å². The number of rotatable bonds is 3. The molecule has 5 nitrogen and oxygen atoms in total. The molecule has 84 valence electrons. The van der Waals surface area contributed by atoms with Crippen LogP contribution in [0.5, 0.6) is 0 Å². The molecule has 0 aliphatic carbocycles. The summed E-state index contributed by atoms with van der Waals surface area (Å²) in [7, 11) is 0. The van der Waals surface area contributed by atoms with Crippen LogP contribution in [0.2, 0.25) is 0 Å². The minimum atomic E-state index is -0.230. The number of nitrogens with one attached hydrogen (secondary N) is 3. The van der Waals surface area contributed by atoms with Crippen molar-refractivity contribution in [2.45, 2.75) is 19.9 Å². The van der Waals surface area contributed by atoms with E-state index >= 15 is 0 Å². The lowest BCUT2D eigenvalue weighted by molar-refractivity contribution is 0.0924. The van der Waals surface area contributed by atoms with Crippen molar-refractivity contribution in [2.75, 3.05) is 0 Å². The molecule has 0 aliphatic rings. The van der Waals surface area contributed by atoms with Gasteiger partial charge >= 0.3 is 0 Å². The predicted octanol–water partition coefficient (Wildman–Crippen LogP) is 1.21. The largest absolute Gasteiger partial charge is 0.286 e. The summed E-state index contributed by atoms with van der Waals surface area (Å²) in [6.45, 7) is 3.89. The van der Waals surface area contributed by atoms with E-state index in [1.807, 2.05) is 38.1 Å². The molecule has 2 aromatic rings. The standard InChI is InChI=1S/C11H14N4O/c1-7(2)12-15-11(16)10-8-5-3-4-6-9(8)13-14-10/h3-7,12H,1-2H3,(H,13,14)(H,15,16). The third-order valence-corrected chi connectivity index (χ3v) is 2.16. The molecule has 0 atom stereocenters. The maximum atomic E-state index is 11.8. The molecule has 0 unspecified atom stereocenters. The first kappa shape index (κ1) is 10.6. The van der Waals surface area contributed by atoms with Gasteiger partial charge in [0.25, 0.3) is 5.91 Å². The zero-order valence-electron chi connectivity index (χ0n) is 9.24. The summed E-state index contributed by atoms with van der Waals surface area (Å²) in [5.74, 6) is -0.230. The lowest BCUT2D eigenvalue weighted by atomic mass is 10.2. The number of benzene rings is 1. The Kier molecular flexibility index (Phi) is 2.87. The summed E-state index contributed by atoms with van der Waals surface area (Å²) >= 11 is 0. The number of H-pyrrole nitrogens is 1. The van der Waals surface area contributed by atoms with E-state index in [4.69, 9.17) is 0 Å². The van der Waals surface area contributed by atoms with Crippen LogP contribution in [0.1, 0.15) is 24.3 Å². The van der Waals surface area contributed by atoms with E-state index < -0.39 is 0 Å². The normalized spacial score (nSPS) is 10.9. The number of para-hydroxylation sites is 1. The highest BCUT2D eigenvalue weighted by atomic mass is 16.2. The first-order valence-electron chi connectivity index (χ1n) is 5.17. The maximum Gasteiger partial charge on any atom is 0.286 e. The van der Waals surface area contributed by atoms with Crippen LogP contribution in [0.15, 0.2) is 24.3 Å². The van der Waals surface area contributed by atoms with Crippen molar-refractivity contribution in [3.8, 4) is 0 Å². The second kappa shape index (κ2) is 4.32. The van der Waals surface area contributed by atoms with Crippen molar-refractivity contribution >= 4 is 16.8 Å². The summed E-state index contributed by atoms with van der Waals surface area (Å²) in [5, 5.41) is 7.64. The van der Waals surface area contributed by atoms with Gasteiger partial charge in [-0.3, -0.25) is 15.3 Å². The van der Waals surface area contributed by atoms with Crippen molar-refractivity contribution < 1.29 is 4.79 Å². The Morgan fingerprint density at radius 2 is 2.12 bits per heavy atom. The monoisotopic (exact) mass is 218 g/mol. The van der Waals surface area contributed by atoms with Gasteiger partial charge in [0.1, 0.15) is 0 Å². The Balaban J connectivity index is 2.23. The lowest BCUT2D eigenvalue weighted by Gasteiger charge is -2.08. The molecule has 5 heteroatoms. The second-order valence-corrected chi connectivity index (χ2v) is 3.87. The number of hydrogen-bond acceptors (Lipinski definition) is 3. The molecular formula is C11H14N4O. The molecule has 16 heavy (non-hydrogen) atoms. The Morgan fingerprint density at radius 1 is 1.38 bits per heavy atom. The fourth-order valence-electron chi connectivity index (χ4n) is 1.41. The number of carbonyl (C=O) groups is 1. The molecule has 2 rings (SSSR count). The molecule has 3 N–H and O–H groups in total. The average Bonchev–Trinajstić information content (AvgIpc) is 2.69. The Morgan fingerprint density at radius 3 is 2.88 bits per heavy atom. The number of nitrogens with zero attached hydrogens (tertiary/aromatic N) is 1. The number of amides is 1. The molecule has 0 saturated carbocycles. The predicted molar refractivity (Wildman–Crippen MR) is 61.8 cm³/mol. The van der Waals surface area contributed by atoms with Gasteiger partial charge in [-0.05, 0) is 19.9 Å². The van der Waals surface area contributed by atoms with E-state index in [0.29, 0.717) is 5.69 Å². The summed E-state index contributed by atoms with van der Waals surface area (Å²) in [6, 6.07) is 7.71. The zero-order chi connectivity index (χ0) is 11.5. The van der Waals surface area contributed by atoms with E-state index in [1.165, 1.54) is 0 Å². The average molecular weight is 218 g/mol. The Hall–Kier alpha value is -1.88. The van der Waals surface area contributed by atoms with Crippen LogP contribution in [-0.2, 0) is 0 Å². The van der Waals surface area contributed by atoms with E-state index in [-0.39, 0.29) is 11.9 Å². The summed E-state index contributed by atoms with van der Waals surface area (Å²) in [6.07, 6.45) is 0. The highest BCUT2D eigenvalue weighted by Gasteiger charge is 2.13. The number of hydrazine groups is 1. The van der Waals surface area contributed by atoms with E-state index in [2.05, 4.69) is 21.0 Å². The van der Waals surface area contributed by atoms with Crippen molar-refractivity contribution in [2.24, 2.45) is 0 Å². The van der Waals surface area contributed by atoms with Gasteiger partial charge in [0.2, 0.25) is 0 Å². The third kappa shape index (κ3) is 2.04. The molecule has 0 radical (unpaired) electrons. The summed E-state index contributed by atoms with van der Waals surface area (Å²) in [5.41, 5.74) is 6.71. The quantitative estimate of drug-likeness (QED) is 0.678. The van der Waals surface area contributed by atoms with Crippen LogP contribution < -0.4 is 10.9 Å². The molecule has 1 amide bonds. The zero-order valence-corrected chi connectivity index (χ0v) is 9.24. The number of aromatic nitrogens is 2. The number of hydrogen-bond donors (Lipinski definition) is 3. The van der Waals surface area contributed by atoms with E-state index in [0.717, 1.165) is 10.9 Å². The number of carbonyl (C=O) groups excluding carboxylic acids is 1. The second-order valence-electron chi connectivity index (χ2n) is 3.87. The SMILES string of the molecule is CC(C)NNC(=O)c1n[nH]c2ccccc12. The molecule has 0 spiro atoms. The first-order chi connectivity index (χ1) is 7.68. The summed E-state index contributed by atoms with van der Waals surface area (Å²) < 4.78 is 0. The van der Waals surface area contributed by atoms with E-state index in [1.54, 1.807) is 0 Å². The van der Waals surface area contributed by atoms with Gasteiger partial charge in [-0.2, -0.15) is 5.10 Å². The van der Waals surface area contributed by atoms with Gasteiger partial charge in [0.15, 0.2) is 5.69 Å². The minimum absolute atomic E-state index is 0.189. The van der Waals surface area contributed by atoms with Crippen LogP contribution >= 0.6 is 0 Å². The molecule has 1 heterocycles. The van der Waals surface area contributed by atoms with Crippen molar-refractivity contribution in [3.05, 3.63) is 30.0 Å². The van der Waals surface area contributed by atoms with E-state index in [9.17, 15) is 4.79 Å². The number of aromatic amines is 1. The smallest absolute Gasteiger partial charge is 0.286 e. The highest BCUT2D eigenvalue weighted by Crippen LogP contribution is 2.14. The van der Waals surface area contributed by atoms with Crippen LogP contribution in [0.25, 0.3) is 10.9 Å². The van der Waals surface area contributed by atoms with Crippen molar-refractivity contribution in [1.82, 2.24) is 21.0 Å². The van der Waals surface area contributed by atoms with Crippen molar-refractivity contribution in [1.29, 1.82) is 0 Å². The van der Waals surface area contributed by atoms with Gasteiger partial charge in [-0.15, -0.1) is 0 Å². The highest BCUT2D eigenvalue weighted by molar-refractivity contribution is 6.04. The molecule has 0 aliphatic heterocycles. The first-order valence-corrected chi connectivity index (χ1v) is 5.17. The fourth-order valence-corrected chi connectivity index (χ4v) is 1.41. The van der Waals surface area contributed by atoms with Crippen LogP contribution in [0.4, 0.5) is 0 Å². The molecule has 0 fully saturated rings. The number of fused-ring (bicyclic) bond motifs is 1. The van der Waals surface area contributed by atoms with Gasteiger partial charge in [-0.1, -0.05) is 18.2 Å². The van der Waals surface area contributed by atoms with Crippen LogP contribution in [-0.4, -0.2) is 22.1 Å². The Labute approximate surface area is 93.2 Å². The fraction of sp³-hybridized carbons (Fsp3) is 0.273. The van der Waals surface area contributed by atoms with Crippen LogP contribution in [0, 0.1) is 0 Å². The summed E-state index contributed by atoms with van der Waals surface area (Å²) in [4.78, 5) is 11.8. The van der Waals surface area contributed by atoms with Gasteiger partial charge < -0.3 is 0 Å². The lowest BCUT2D eigenvalue weighted by Crippen LogP contribution is -2.41. The molecule has 1 aromatic carbocycles. The molecule has 0 saturated heterocycles. The Bertz CT molecular complexity index is 503.